The first-order valence-electron chi connectivity index (χ1n) is 8.70. The largest absolute Gasteiger partial charge is 0.310 e. The van der Waals surface area contributed by atoms with E-state index in [1.54, 1.807) is 0 Å². The lowest BCUT2D eigenvalue weighted by Gasteiger charge is -2.31. The fraction of sp³-hybridized carbons (Fsp3) is 0.700. The molecule has 2 atom stereocenters. The van der Waals surface area contributed by atoms with E-state index in [9.17, 15) is 0 Å². The van der Waals surface area contributed by atoms with E-state index >= 15 is 0 Å². The number of unbranched alkanes of at least 4 members (excludes halogenated alkanes) is 1. The fourth-order valence-electron chi connectivity index (χ4n) is 2.59. The molecule has 0 radical (unpaired) electrons. The van der Waals surface area contributed by atoms with Gasteiger partial charge in [0.05, 0.1) is 0 Å². The van der Waals surface area contributed by atoms with Crippen LogP contribution < -0.4 is 5.32 Å². The van der Waals surface area contributed by atoms with Crippen molar-refractivity contribution < 1.29 is 0 Å². The van der Waals surface area contributed by atoms with Crippen molar-refractivity contribution >= 4 is 0 Å². The molecule has 1 nitrogen and oxygen atoms in total. The lowest BCUT2D eigenvalue weighted by atomic mass is 9.77. The van der Waals surface area contributed by atoms with Crippen molar-refractivity contribution in [2.75, 3.05) is 6.54 Å². The van der Waals surface area contributed by atoms with Crippen LogP contribution in [0.5, 0.6) is 0 Å². The van der Waals surface area contributed by atoms with Crippen molar-refractivity contribution in [3.05, 3.63) is 35.4 Å². The highest BCUT2D eigenvalue weighted by atomic mass is 14.9. The third kappa shape index (κ3) is 6.22. The zero-order valence-electron chi connectivity index (χ0n) is 15.0. The number of benzene rings is 1. The highest BCUT2D eigenvalue weighted by molar-refractivity contribution is 5.25. The summed E-state index contributed by atoms with van der Waals surface area (Å²) in [6, 6.07) is 9.76. The van der Waals surface area contributed by atoms with Crippen LogP contribution in [0, 0.1) is 11.3 Å². The maximum Gasteiger partial charge on any atom is 0.0322 e. The molecule has 21 heavy (non-hydrogen) atoms. The Labute approximate surface area is 132 Å². The Morgan fingerprint density at radius 1 is 1.05 bits per heavy atom. The standard InChI is InChI=1S/C20H35N/c1-7-9-10-17-11-13-18(14-12-17)19(21-8-2)15-16(3)20(4,5)6/h11-14,16,19,21H,7-10,15H2,1-6H3. The molecule has 1 N–H and O–H groups in total. The zero-order valence-corrected chi connectivity index (χ0v) is 15.0. The summed E-state index contributed by atoms with van der Waals surface area (Å²) in [5.41, 5.74) is 3.28. The van der Waals surface area contributed by atoms with E-state index in [1.165, 1.54) is 36.8 Å². The van der Waals surface area contributed by atoms with Gasteiger partial charge < -0.3 is 5.32 Å². The monoisotopic (exact) mass is 289 g/mol. The van der Waals surface area contributed by atoms with Crippen LogP contribution in [0.25, 0.3) is 0 Å². The number of hydrogen-bond acceptors (Lipinski definition) is 1. The minimum atomic E-state index is 0.370. The summed E-state index contributed by atoms with van der Waals surface area (Å²) < 4.78 is 0. The van der Waals surface area contributed by atoms with Gasteiger partial charge in [0.2, 0.25) is 0 Å². The summed E-state index contributed by atoms with van der Waals surface area (Å²) in [5, 5.41) is 3.66. The summed E-state index contributed by atoms with van der Waals surface area (Å²) in [4.78, 5) is 0. The van der Waals surface area contributed by atoms with Gasteiger partial charge in [0.15, 0.2) is 0 Å². The second kappa shape index (κ2) is 8.58. The van der Waals surface area contributed by atoms with Gasteiger partial charge in [0, 0.05) is 6.04 Å². The van der Waals surface area contributed by atoms with Crippen molar-refractivity contribution in [2.24, 2.45) is 11.3 Å². The minimum absolute atomic E-state index is 0.370. The summed E-state index contributed by atoms with van der Waals surface area (Å²) >= 11 is 0. The Morgan fingerprint density at radius 2 is 1.67 bits per heavy atom. The second-order valence-corrected chi connectivity index (χ2v) is 7.46. The minimum Gasteiger partial charge on any atom is -0.310 e. The van der Waals surface area contributed by atoms with Crippen molar-refractivity contribution in [1.29, 1.82) is 0 Å². The average Bonchev–Trinajstić information content (AvgIpc) is 2.44. The predicted molar refractivity (Wildman–Crippen MR) is 94.7 cm³/mol. The van der Waals surface area contributed by atoms with E-state index in [4.69, 9.17) is 0 Å². The Morgan fingerprint density at radius 3 is 2.14 bits per heavy atom. The quantitative estimate of drug-likeness (QED) is 0.642. The Balaban J connectivity index is 2.75. The molecule has 0 fully saturated rings. The van der Waals surface area contributed by atoms with Gasteiger partial charge in [-0.25, -0.2) is 0 Å². The van der Waals surface area contributed by atoms with Crippen molar-refractivity contribution in [2.45, 2.75) is 73.3 Å². The molecule has 0 amide bonds. The Kier molecular flexibility index (Phi) is 7.45. The van der Waals surface area contributed by atoms with E-state index < -0.39 is 0 Å². The molecule has 1 heteroatoms. The van der Waals surface area contributed by atoms with Gasteiger partial charge in [-0.05, 0) is 48.3 Å². The molecular formula is C20H35N. The van der Waals surface area contributed by atoms with Gasteiger partial charge in [0.1, 0.15) is 0 Å². The first-order chi connectivity index (χ1) is 9.88. The Hall–Kier alpha value is -0.820. The summed E-state index contributed by atoms with van der Waals surface area (Å²) in [6.07, 6.45) is 4.97. The fourth-order valence-corrected chi connectivity index (χ4v) is 2.59. The smallest absolute Gasteiger partial charge is 0.0322 e. The van der Waals surface area contributed by atoms with Crippen LogP contribution in [0.3, 0.4) is 0 Å². The van der Waals surface area contributed by atoms with Crippen molar-refractivity contribution in [3.63, 3.8) is 0 Å². The third-order valence-corrected chi connectivity index (χ3v) is 4.72. The van der Waals surface area contributed by atoms with E-state index in [-0.39, 0.29) is 0 Å². The van der Waals surface area contributed by atoms with Crippen molar-refractivity contribution in [3.8, 4) is 0 Å². The van der Waals surface area contributed by atoms with Gasteiger partial charge in [-0.15, -0.1) is 0 Å². The van der Waals surface area contributed by atoms with Crippen LogP contribution in [0.2, 0.25) is 0 Å². The third-order valence-electron chi connectivity index (χ3n) is 4.72. The Bertz CT molecular complexity index is 385. The number of nitrogens with one attached hydrogen (secondary N) is 1. The highest BCUT2D eigenvalue weighted by Crippen LogP contribution is 2.33. The lowest BCUT2D eigenvalue weighted by molar-refractivity contribution is 0.224. The first kappa shape index (κ1) is 18.2. The molecule has 1 aromatic rings. The molecule has 0 saturated carbocycles. The van der Waals surface area contributed by atoms with Gasteiger partial charge in [0.25, 0.3) is 0 Å². The van der Waals surface area contributed by atoms with Crippen LogP contribution in [-0.4, -0.2) is 6.54 Å². The molecule has 0 bridgehead atoms. The van der Waals surface area contributed by atoms with Gasteiger partial charge in [-0.2, -0.15) is 0 Å². The van der Waals surface area contributed by atoms with Crippen LogP contribution in [0.4, 0.5) is 0 Å². The lowest BCUT2D eigenvalue weighted by Crippen LogP contribution is -2.27. The highest BCUT2D eigenvalue weighted by Gasteiger charge is 2.24. The molecule has 0 aliphatic heterocycles. The van der Waals surface area contributed by atoms with Gasteiger partial charge in [-0.3, -0.25) is 0 Å². The van der Waals surface area contributed by atoms with E-state index in [0.717, 1.165) is 6.54 Å². The van der Waals surface area contributed by atoms with E-state index in [2.05, 4.69) is 71.1 Å². The average molecular weight is 290 g/mol. The molecule has 120 valence electrons. The molecule has 0 aliphatic rings. The maximum absolute atomic E-state index is 3.66. The first-order valence-corrected chi connectivity index (χ1v) is 8.70. The molecule has 0 spiro atoms. The number of aryl methyl sites for hydroxylation is 1. The zero-order chi connectivity index (χ0) is 15.9. The van der Waals surface area contributed by atoms with E-state index in [1.807, 2.05) is 0 Å². The summed E-state index contributed by atoms with van der Waals surface area (Å²) in [6.45, 7) is 14.9. The summed E-state index contributed by atoms with van der Waals surface area (Å²) in [5.74, 6) is 0.696. The molecule has 2 unspecified atom stereocenters. The van der Waals surface area contributed by atoms with Gasteiger partial charge >= 0.3 is 0 Å². The normalized spacial score (nSPS) is 15.0. The SMILES string of the molecule is CCCCc1ccc(C(CC(C)C(C)(C)C)NCC)cc1. The topological polar surface area (TPSA) is 12.0 Å². The molecule has 1 rings (SSSR count). The van der Waals surface area contributed by atoms with E-state index in [0.29, 0.717) is 17.4 Å². The van der Waals surface area contributed by atoms with Crippen LogP contribution >= 0.6 is 0 Å². The van der Waals surface area contributed by atoms with Crippen LogP contribution in [-0.2, 0) is 6.42 Å². The predicted octanol–water partition coefficient (Wildman–Crippen LogP) is 5.75. The van der Waals surface area contributed by atoms with Crippen molar-refractivity contribution in [1.82, 2.24) is 5.32 Å². The molecular weight excluding hydrogens is 254 g/mol. The van der Waals surface area contributed by atoms with Gasteiger partial charge in [-0.1, -0.05) is 72.2 Å². The van der Waals surface area contributed by atoms with Crippen LogP contribution in [0.15, 0.2) is 24.3 Å². The second-order valence-electron chi connectivity index (χ2n) is 7.46. The molecule has 1 aromatic carbocycles. The molecule has 0 saturated heterocycles. The molecule has 0 aromatic heterocycles. The molecule has 0 heterocycles. The van der Waals surface area contributed by atoms with Crippen LogP contribution in [0.1, 0.15) is 78.0 Å². The number of hydrogen-bond donors (Lipinski definition) is 1. The summed E-state index contributed by atoms with van der Waals surface area (Å²) in [7, 11) is 0. The molecule has 0 aliphatic carbocycles. The maximum atomic E-state index is 3.66. The number of rotatable bonds is 8.